The van der Waals surface area contributed by atoms with Crippen molar-refractivity contribution in [2.75, 3.05) is 27.7 Å². The van der Waals surface area contributed by atoms with E-state index >= 15 is 0 Å². The highest BCUT2D eigenvalue weighted by Crippen LogP contribution is 2.22. The van der Waals surface area contributed by atoms with Gasteiger partial charge in [-0.2, -0.15) is 0 Å². The molecule has 0 bridgehead atoms. The summed E-state index contributed by atoms with van der Waals surface area (Å²) in [6.45, 7) is 4.55. The van der Waals surface area contributed by atoms with Crippen LogP contribution in [0.2, 0.25) is 0 Å². The van der Waals surface area contributed by atoms with Crippen LogP contribution in [0, 0.1) is 6.92 Å². The number of benzene rings is 1. The minimum Gasteiger partial charge on any atom is -0.493 e. The Kier molecular flexibility index (Phi) is 5.83. The normalized spacial score (nSPS) is 12.1. The molecular formula is C15H24N2O2. The molecule has 1 atom stereocenters. The maximum atomic E-state index is 11.4. The number of amides is 1. The number of carbonyl (C=O) groups is 1. The lowest BCUT2D eigenvalue weighted by atomic mass is 10.1. The van der Waals surface area contributed by atoms with E-state index in [0.29, 0.717) is 19.1 Å². The molecule has 4 heteroatoms. The predicted molar refractivity (Wildman–Crippen MR) is 77.5 cm³/mol. The van der Waals surface area contributed by atoms with E-state index in [0.717, 1.165) is 11.3 Å². The molecule has 0 saturated heterocycles. The van der Waals surface area contributed by atoms with Crippen LogP contribution in [0.1, 0.15) is 30.5 Å². The summed E-state index contributed by atoms with van der Waals surface area (Å²) < 4.78 is 5.66. The fourth-order valence-electron chi connectivity index (χ4n) is 1.74. The van der Waals surface area contributed by atoms with Crippen LogP contribution in [0.25, 0.3) is 0 Å². The smallest absolute Gasteiger partial charge is 0.225 e. The Hall–Kier alpha value is -1.55. The summed E-state index contributed by atoms with van der Waals surface area (Å²) in [4.78, 5) is 13.0. The van der Waals surface area contributed by atoms with Crippen LogP contribution in [0.4, 0.5) is 0 Å². The molecular weight excluding hydrogens is 240 g/mol. The van der Waals surface area contributed by atoms with Gasteiger partial charge in [-0.25, -0.2) is 0 Å². The zero-order valence-corrected chi connectivity index (χ0v) is 12.5. The molecule has 1 amide bonds. The second kappa shape index (κ2) is 7.14. The van der Waals surface area contributed by atoms with E-state index < -0.39 is 0 Å². The molecule has 1 unspecified atom stereocenters. The summed E-state index contributed by atoms with van der Waals surface area (Å²) in [6.07, 6.45) is 0.404. The van der Waals surface area contributed by atoms with E-state index in [1.54, 1.807) is 19.0 Å². The lowest BCUT2D eigenvalue weighted by molar-refractivity contribution is -0.129. The number of hydrogen-bond donors (Lipinski definition) is 1. The van der Waals surface area contributed by atoms with E-state index in [1.807, 2.05) is 20.0 Å². The first-order valence-electron chi connectivity index (χ1n) is 6.56. The van der Waals surface area contributed by atoms with Gasteiger partial charge in [0, 0.05) is 20.1 Å². The Morgan fingerprint density at radius 2 is 2.11 bits per heavy atom. The molecule has 0 heterocycles. The van der Waals surface area contributed by atoms with Crippen LogP contribution in [0.5, 0.6) is 5.75 Å². The van der Waals surface area contributed by atoms with Gasteiger partial charge in [0.05, 0.1) is 13.0 Å². The summed E-state index contributed by atoms with van der Waals surface area (Å²) in [5, 5.41) is 3.21. The molecule has 0 aliphatic rings. The summed E-state index contributed by atoms with van der Waals surface area (Å²) in [7, 11) is 5.44. The van der Waals surface area contributed by atoms with Gasteiger partial charge in [0.1, 0.15) is 5.75 Å². The molecule has 0 aliphatic carbocycles. The van der Waals surface area contributed by atoms with Crippen molar-refractivity contribution in [2.24, 2.45) is 0 Å². The first-order chi connectivity index (χ1) is 8.95. The molecule has 1 N–H and O–H groups in total. The van der Waals surface area contributed by atoms with Crippen molar-refractivity contribution in [1.29, 1.82) is 0 Å². The van der Waals surface area contributed by atoms with Crippen molar-refractivity contribution in [3.63, 3.8) is 0 Å². The molecule has 1 rings (SSSR count). The van der Waals surface area contributed by atoms with Crippen molar-refractivity contribution in [1.82, 2.24) is 10.2 Å². The van der Waals surface area contributed by atoms with Crippen molar-refractivity contribution in [2.45, 2.75) is 26.3 Å². The van der Waals surface area contributed by atoms with Crippen LogP contribution in [-0.2, 0) is 4.79 Å². The maximum absolute atomic E-state index is 11.4. The van der Waals surface area contributed by atoms with Crippen molar-refractivity contribution in [3.05, 3.63) is 29.3 Å². The number of rotatable bonds is 6. The van der Waals surface area contributed by atoms with E-state index in [-0.39, 0.29) is 5.91 Å². The van der Waals surface area contributed by atoms with Crippen LogP contribution >= 0.6 is 0 Å². The maximum Gasteiger partial charge on any atom is 0.225 e. The third-order valence-corrected chi connectivity index (χ3v) is 3.20. The first-order valence-corrected chi connectivity index (χ1v) is 6.56. The predicted octanol–water partition coefficient (Wildman–Crippen LogP) is 2.13. The Labute approximate surface area is 115 Å². The standard InChI is InChI=1S/C15H24N2O2/c1-11-10-13(12(2)16-3)6-7-14(11)19-9-8-15(18)17(4)5/h6-7,10,12,16H,8-9H2,1-5H3. The molecule has 1 aromatic rings. The lowest BCUT2D eigenvalue weighted by Gasteiger charge is -2.15. The van der Waals surface area contributed by atoms with Crippen LogP contribution in [-0.4, -0.2) is 38.6 Å². The zero-order chi connectivity index (χ0) is 14.4. The molecule has 1 aromatic carbocycles. The number of nitrogens with one attached hydrogen (secondary N) is 1. The van der Waals surface area contributed by atoms with Gasteiger partial charge in [0.2, 0.25) is 5.91 Å². The molecule has 0 spiro atoms. The number of hydrogen-bond acceptors (Lipinski definition) is 3. The topological polar surface area (TPSA) is 41.6 Å². The first kappa shape index (κ1) is 15.5. The van der Waals surface area contributed by atoms with Gasteiger partial charge in [0.25, 0.3) is 0 Å². The molecule has 0 aromatic heterocycles. The summed E-state index contributed by atoms with van der Waals surface area (Å²) in [5.74, 6) is 0.927. The van der Waals surface area contributed by atoms with E-state index in [2.05, 4.69) is 24.4 Å². The highest BCUT2D eigenvalue weighted by molar-refractivity contribution is 5.75. The third-order valence-electron chi connectivity index (χ3n) is 3.20. The highest BCUT2D eigenvalue weighted by atomic mass is 16.5. The summed E-state index contributed by atoms with van der Waals surface area (Å²) in [6, 6.07) is 6.46. The fourth-order valence-corrected chi connectivity index (χ4v) is 1.74. The minimum absolute atomic E-state index is 0.0816. The van der Waals surface area contributed by atoms with Gasteiger partial charge in [-0.3, -0.25) is 4.79 Å². The number of aryl methyl sites for hydroxylation is 1. The molecule has 106 valence electrons. The SMILES string of the molecule is CNC(C)c1ccc(OCCC(=O)N(C)C)c(C)c1. The third kappa shape index (κ3) is 4.56. The van der Waals surface area contributed by atoms with Gasteiger partial charge in [-0.05, 0) is 38.1 Å². The van der Waals surface area contributed by atoms with Crippen molar-refractivity contribution < 1.29 is 9.53 Å². The Bertz CT molecular complexity index is 430. The molecule has 0 saturated carbocycles. The van der Waals surface area contributed by atoms with E-state index in [4.69, 9.17) is 4.74 Å². The van der Waals surface area contributed by atoms with Crippen molar-refractivity contribution in [3.8, 4) is 5.75 Å². The summed E-state index contributed by atoms with van der Waals surface area (Å²) >= 11 is 0. The van der Waals surface area contributed by atoms with Crippen LogP contribution in [0.15, 0.2) is 18.2 Å². The van der Waals surface area contributed by atoms with Crippen molar-refractivity contribution >= 4 is 5.91 Å². The van der Waals surface area contributed by atoms with Gasteiger partial charge in [0.15, 0.2) is 0 Å². The lowest BCUT2D eigenvalue weighted by Crippen LogP contribution is -2.23. The van der Waals surface area contributed by atoms with Gasteiger partial charge >= 0.3 is 0 Å². The molecule has 0 aliphatic heterocycles. The zero-order valence-electron chi connectivity index (χ0n) is 12.5. The number of ether oxygens (including phenoxy) is 1. The monoisotopic (exact) mass is 264 g/mol. The molecule has 0 radical (unpaired) electrons. The van der Waals surface area contributed by atoms with Gasteiger partial charge < -0.3 is 15.0 Å². The Morgan fingerprint density at radius 3 is 2.63 bits per heavy atom. The largest absolute Gasteiger partial charge is 0.493 e. The Morgan fingerprint density at radius 1 is 1.42 bits per heavy atom. The molecule has 4 nitrogen and oxygen atoms in total. The van der Waals surface area contributed by atoms with Crippen LogP contribution < -0.4 is 10.1 Å². The molecule has 0 fully saturated rings. The Balaban J connectivity index is 2.58. The van der Waals surface area contributed by atoms with E-state index in [9.17, 15) is 4.79 Å². The minimum atomic E-state index is 0.0816. The second-order valence-corrected chi connectivity index (χ2v) is 4.92. The number of carbonyl (C=O) groups excluding carboxylic acids is 1. The van der Waals surface area contributed by atoms with Gasteiger partial charge in [-0.1, -0.05) is 12.1 Å². The quantitative estimate of drug-likeness (QED) is 0.856. The average molecular weight is 264 g/mol. The molecule has 19 heavy (non-hydrogen) atoms. The fraction of sp³-hybridized carbons (Fsp3) is 0.533. The number of nitrogens with zero attached hydrogens (tertiary/aromatic N) is 1. The second-order valence-electron chi connectivity index (χ2n) is 4.92. The van der Waals surface area contributed by atoms with Gasteiger partial charge in [-0.15, -0.1) is 0 Å². The van der Waals surface area contributed by atoms with Crippen LogP contribution in [0.3, 0.4) is 0 Å². The average Bonchev–Trinajstić information content (AvgIpc) is 2.39. The van der Waals surface area contributed by atoms with E-state index in [1.165, 1.54) is 5.56 Å². The highest BCUT2D eigenvalue weighted by Gasteiger charge is 2.08. The summed E-state index contributed by atoms with van der Waals surface area (Å²) in [5.41, 5.74) is 2.33.